The van der Waals surface area contributed by atoms with Gasteiger partial charge in [-0.15, -0.1) is 0 Å². The summed E-state index contributed by atoms with van der Waals surface area (Å²) in [6.07, 6.45) is 0.771. The van der Waals surface area contributed by atoms with Crippen molar-refractivity contribution in [2.24, 2.45) is 0 Å². The molecule has 2 aromatic carbocycles. The zero-order valence-electron chi connectivity index (χ0n) is 12.0. The first kappa shape index (κ1) is 15.5. The summed E-state index contributed by atoms with van der Waals surface area (Å²) in [7, 11) is 0. The minimum atomic E-state index is -0.472. The van der Waals surface area contributed by atoms with E-state index in [1.54, 1.807) is 24.3 Å². The molecule has 6 heteroatoms. The average Bonchev–Trinajstić information content (AvgIpc) is 2.54. The van der Waals surface area contributed by atoms with Crippen LogP contribution in [0.15, 0.2) is 48.5 Å². The van der Waals surface area contributed by atoms with Crippen LogP contribution in [-0.4, -0.2) is 17.5 Å². The van der Waals surface area contributed by atoms with Crippen LogP contribution in [0.25, 0.3) is 0 Å². The fourth-order valence-corrected chi connectivity index (χ4v) is 1.71. The van der Waals surface area contributed by atoms with Gasteiger partial charge in [0.25, 0.3) is 5.69 Å². The predicted molar refractivity (Wildman–Crippen MR) is 80.2 cm³/mol. The molecule has 0 unspecified atom stereocenters. The summed E-state index contributed by atoms with van der Waals surface area (Å²) in [5, 5.41) is 10.6. The second kappa shape index (κ2) is 7.21. The van der Waals surface area contributed by atoms with Crippen LogP contribution in [0, 0.1) is 10.1 Å². The van der Waals surface area contributed by atoms with Gasteiger partial charge in [-0.1, -0.05) is 6.92 Å². The van der Waals surface area contributed by atoms with Crippen LogP contribution >= 0.6 is 0 Å². The number of benzene rings is 2. The van der Waals surface area contributed by atoms with Gasteiger partial charge in [0.1, 0.15) is 11.5 Å². The van der Waals surface area contributed by atoms with Gasteiger partial charge >= 0.3 is 5.97 Å². The van der Waals surface area contributed by atoms with Crippen LogP contribution in [-0.2, 0) is 4.74 Å². The Morgan fingerprint density at radius 3 is 2.09 bits per heavy atom. The molecule has 0 saturated heterocycles. The first-order valence-corrected chi connectivity index (χ1v) is 6.79. The van der Waals surface area contributed by atoms with Crippen molar-refractivity contribution in [2.45, 2.75) is 13.3 Å². The van der Waals surface area contributed by atoms with Gasteiger partial charge in [-0.3, -0.25) is 10.1 Å². The number of carbonyl (C=O) groups excluding carboxylic acids is 1. The third kappa shape index (κ3) is 4.05. The molecule has 2 aromatic rings. The quantitative estimate of drug-likeness (QED) is 0.458. The van der Waals surface area contributed by atoms with Gasteiger partial charge in [0.2, 0.25) is 0 Å². The highest BCUT2D eigenvalue weighted by molar-refractivity contribution is 5.89. The number of nitro groups is 1. The van der Waals surface area contributed by atoms with Gasteiger partial charge in [0.15, 0.2) is 0 Å². The molecule has 2 rings (SSSR count). The number of rotatable bonds is 6. The van der Waals surface area contributed by atoms with Gasteiger partial charge in [-0.25, -0.2) is 4.79 Å². The number of carbonyl (C=O) groups is 1. The van der Waals surface area contributed by atoms with Crippen LogP contribution in [0.4, 0.5) is 5.69 Å². The van der Waals surface area contributed by atoms with Crippen LogP contribution in [0.3, 0.4) is 0 Å². The summed E-state index contributed by atoms with van der Waals surface area (Å²) >= 11 is 0. The summed E-state index contributed by atoms with van der Waals surface area (Å²) in [4.78, 5) is 21.7. The van der Waals surface area contributed by atoms with Gasteiger partial charge in [-0.05, 0) is 42.8 Å². The van der Waals surface area contributed by atoms with E-state index in [4.69, 9.17) is 9.47 Å². The van der Waals surface area contributed by atoms with E-state index in [2.05, 4.69) is 0 Å². The summed E-state index contributed by atoms with van der Waals surface area (Å²) < 4.78 is 10.6. The number of esters is 1. The molecule has 0 aromatic heterocycles. The lowest BCUT2D eigenvalue weighted by atomic mass is 10.2. The SMILES string of the molecule is CCCOC(=O)c1ccc(Oc2ccc([N+](=O)[O-])cc2)cc1. The molecular weight excluding hydrogens is 286 g/mol. The second-order valence-electron chi connectivity index (χ2n) is 4.51. The van der Waals surface area contributed by atoms with Crippen molar-refractivity contribution in [3.05, 3.63) is 64.2 Å². The normalized spacial score (nSPS) is 10.0. The lowest BCUT2D eigenvalue weighted by molar-refractivity contribution is -0.384. The van der Waals surface area contributed by atoms with Gasteiger partial charge < -0.3 is 9.47 Å². The Bertz CT molecular complexity index is 649. The van der Waals surface area contributed by atoms with Gasteiger partial charge in [0, 0.05) is 12.1 Å². The third-order valence-corrected chi connectivity index (χ3v) is 2.81. The number of non-ortho nitro benzene ring substituents is 1. The predicted octanol–water partition coefficient (Wildman–Crippen LogP) is 3.95. The number of hydrogen-bond donors (Lipinski definition) is 0. The Hall–Kier alpha value is -2.89. The van der Waals surface area contributed by atoms with Crippen molar-refractivity contribution in [3.63, 3.8) is 0 Å². The van der Waals surface area contributed by atoms with Crippen LogP contribution in [0.2, 0.25) is 0 Å². The molecule has 0 spiro atoms. The zero-order chi connectivity index (χ0) is 15.9. The van der Waals surface area contributed by atoms with Crippen molar-refractivity contribution >= 4 is 11.7 Å². The van der Waals surface area contributed by atoms with E-state index in [1.165, 1.54) is 24.3 Å². The van der Waals surface area contributed by atoms with Crippen molar-refractivity contribution in [3.8, 4) is 11.5 Å². The summed E-state index contributed by atoms with van der Waals surface area (Å²) in [5.74, 6) is 0.636. The molecule has 0 aliphatic heterocycles. The van der Waals surface area contributed by atoms with E-state index in [1.807, 2.05) is 6.92 Å². The highest BCUT2D eigenvalue weighted by Crippen LogP contribution is 2.24. The fraction of sp³-hybridized carbons (Fsp3) is 0.188. The Kier molecular flexibility index (Phi) is 5.08. The molecule has 0 bridgehead atoms. The van der Waals surface area contributed by atoms with Crippen LogP contribution in [0.5, 0.6) is 11.5 Å². The molecule has 22 heavy (non-hydrogen) atoms. The van der Waals surface area contributed by atoms with E-state index in [9.17, 15) is 14.9 Å². The van der Waals surface area contributed by atoms with E-state index in [0.29, 0.717) is 23.7 Å². The summed E-state index contributed by atoms with van der Waals surface area (Å²) in [6, 6.07) is 12.3. The molecule has 0 radical (unpaired) electrons. The molecule has 0 N–H and O–H groups in total. The monoisotopic (exact) mass is 301 g/mol. The molecular formula is C16H15NO5. The molecule has 0 amide bonds. The van der Waals surface area contributed by atoms with E-state index < -0.39 is 4.92 Å². The highest BCUT2D eigenvalue weighted by Gasteiger charge is 2.08. The number of hydrogen-bond acceptors (Lipinski definition) is 5. The Morgan fingerprint density at radius 2 is 1.59 bits per heavy atom. The maximum absolute atomic E-state index is 11.6. The molecule has 0 fully saturated rings. The minimum Gasteiger partial charge on any atom is -0.462 e. The second-order valence-corrected chi connectivity index (χ2v) is 4.51. The van der Waals surface area contributed by atoms with E-state index in [-0.39, 0.29) is 11.7 Å². The smallest absolute Gasteiger partial charge is 0.338 e. The average molecular weight is 301 g/mol. The first-order valence-electron chi connectivity index (χ1n) is 6.79. The molecule has 114 valence electrons. The lowest BCUT2D eigenvalue weighted by Crippen LogP contribution is -2.05. The molecule has 0 saturated carbocycles. The third-order valence-electron chi connectivity index (χ3n) is 2.81. The van der Waals surface area contributed by atoms with E-state index >= 15 is 0 Å². The minimum absolute atomic E-state index is 0.00127. The van der Waals surface area contributed by atoms with E-state index in [0.717, 1.165) is 6.42 Å². The van der Waals surface area contributed by atoms with Crippen LogP contribution < -0.4 is 4.74 Å². The summed E-state index contributed by atoms with van der Waals surface area (Å²) in [6.45, 7) is 2.31. The molecule has 6 nitrogen and oxygen atoms in total. The maximum atomic E-state index is 11.6. The Balaban J connectivity index is 2.01. The topological polar surface area (TPSA) is 78.7 Å². The lowest BCUT2D eigenvalue weighted by Gasteiger charge is -2.07. The molecule has 0 heterocycles. The van der Waals surface area contributed by atoms with Crippen molar-refractivity contribution < 1.29 is 19.2 Å². The Labute approximate surface area is 127 Å². The number of nitrogens with zero attached hydrogens (tertiary/aromatic N) is 1. The van der Waals surface area contributed by atoms with Crippen molar-refractivity contribution in [1.29, 1.82) is 0 Å². The summed E-state index contributed by atoms with van der Waals surface area (Å²) in [5.41, 5.74) is 0.450. The molecule has 0 aliphatic rings. The zero-order valence-corrected chi connectivity index (χ0v) is 12.0. The number of ether oxygens (including phenoxy) is 2. The molecule has 0 aliphatic carbocycles. The standard InChI is InChI=1S/C16H15NO5/c1-2-11-21-16(18)12-3-7-14(8-4-12)22-15-9-5-13(6-10-15)17(19)20/h3-10H,2,11H2,1H3. The number of nitro benzene ring substituents is 1. The maximum Gasteiger partial charge on any atom is 0.338 e. The van der Waals surface area contributed by atoms with Gasteiger partial charge in [0.05, 0.1) is 17.1 Å². The van der Waals surface area contributed by atoms with Crippen molar-refractivity contribution in [2.75, 3.05) is 6.61 Å². The highest BCUT2D eigenvalue weighted by atomic mass is 16.6. The van der Waals surface area contributed by atoms with Crippen molar-refractivity contribution in [1.82, 2.24) is 0 Å². The fourth-order valence-electron chi connectivity index (χ4n) is 1.71. The van der Waals surface area contributed by atoms with Crippen LogP contribution in [0.1, 0.15) is 23.7 Å². The first-order chi connectivity index (χ1) is 10.6. The molecule has 0 atom stereocenters. The largest absolute Gasteiger partial charge is 0.462 e. The Morgan fingerprint density at radius 1 is 1.05 bits per heavy atom. The van der Waals surface area contributed by atoms with Gasteiger partial charge in [-0.2, -0.15) is 0 Å².